The Morgan fingerprint density at radius 2 is 2.00 bits per heavy atom. The lowest BCUT2D eigenvalue weighted by Gasteiger charge is -2.34. The van der Waals surface area contributed by atoms with Crippen LogP contribution in [0.2, 0.25) is 0 Å². The van der Waals surface area contributed by atoms with Crippen LogP contribution >= 0.6 is 0 Å². The molecule has 2 heterocycles. The Labute approximate surface area is 74.2 Å². The summed E-state index contributed by atoms with van der Waals surface area (Å²) < 4.78 is 11.7. The highest BCUT2D eigenvalue weighted by atomic mass is 16.6. The van der Waals surface area contributed by atoms with Gasteiger partial charge in [0, 0.05) is 5.92 Å². The van der Waals surface area contributed by atoms with Crippen LogP contribution in [-0.2, 0) is 9.47 Å². The highest BCUT2D eigenvalue weighted by molar-refractivity contribution is 5.05. The quantitative estimate of drug-likeness (QED) is 0.597. The summed E-state index contributed by atoms with van der Waals surface area (Å²) in [5.74, 6) is 1.12. The third-order valence-electron chi connectivity index (χ3n) is 3.61. The van der Waals surface area contributed by atoms with Gasteiger partial charge in [-0.2, -0.15) is 0 Å². The second-order valence-corrected chi connectivity index (χ2v) is 4.50. The van der Waals surface area contributed by atoms with Crippen LogP contribution in [0.3, 0.4) is 0 Å². The van der Waals surface area contributed by atoms with Crippen molar-refractivity contribution in [2.24, 2.45) is 11.8 Å². The minimum Gasteiger partial charge on any atom is -0.372 e. The van der Waals surface area contributed by atoms with E-state index >= 15 is 0 Å². The number of rotatable bonds is 1. The second-order valence-electron chi connectivity index (χ2n) is 4.50. The molecule has 0 saturated carbocycles. The van der Waals surface area contributed by atoms with Crippen LogP contribution in [0.5, 0.6) is 0 Å². The summed E-state index contributed by atoms with van der Waals surface area (Å²) in [7, 11) is 0. The molecule has 0 unspecified atom stereocenters. The third-order valence-corrected chi connectivity index (χ3v) is 3.61. The van der Waals surface area contributed by atoms with Crippen molar-refractivity contribution in [3.05, 3.63) is 0 Å². The molecular weight excluding hydrogens is 152 g/mol. The Bertz CT molecular complexity index is 190. The standard InChI is InChI=1S/C10H18O2/c1-6(2)10-5-11-9(7(10)3)8(4)12-10/h6-9H,5H2,1-4H3/t7-,8-,9+,10-/m0/s1. The van der Waals surface area contributed by atoms with E-state index < -0.39 is 0 Å². The van der Waals surface area contributed by atoms with Crippen LogP contribution in [0.15, 0.2) is 0 Å². The minimum absolute atomic E-state index is 0.0179. The third kappa shape index (κ3) is 0.826. The molecule has 2 bridgehead atoms. The van der Waals surface area contributed by atoms with Crippen LogP contribution < -0.4 is 0 Å². The Morgan fingerprint density at radius 3 is 2.25 bits per heavy atom. The highest BCUT2D eigenvalue weighted by Gasteiger charge is 2.58. The molecule has 0 radical (unpaired) electrons. The topological polar surface area (TPSA) is 18.5 Å². The Balaban J connectivity index is 2.27. The second kappa shape index (κ2) is 2.46. The smallest absolute Gasteiger partial charge is 0.0993 e. The van der Waals surface area contributed by atoms with Crippen LogP contribution in [0.25, 0.3) is 0 Å². The van der Waals surface area contributed by atoms with E-state index in [9.17, 15) is 0 Å². The number of hydrogen-bond acceptors (Lipinski definition) is 2. The van der Waals surface area contributed by atoms with Gasteiger partial charge in [0.1, 0.15) is 0 Å². The lowest BCUT2D eigenvalue weighted by molar-refractivity contribution is -0.154. The lowest BCUT2D eigenvalue weighted by atomic mass is 9.81. The predicted octanol–water partition coefficient (Wildman–Crippen LogP) is 1.83. The molecule has 0 aromatic carbocycles. The first-order valence-electron chi connectivity index (χ1n) is 4.87. The molecule has 0 aromatic heterocycles. The van der Waals surface area contributed by atoms with Crippen molar-refractivity contribution in [2.75, 3.05) is 6.61 Å². The van der Waals surface area contributed by atoms with Crippen molar-refractivity contribution in [2.45, 2.75) is 45.5 Å². The van der Waals surface area contributed by atoms with Crippen molar-refractivity contribution in [1.82, 2.24) is 0 Å². The molecule has 70 valence electrons. The lowest BCUT2D eigenvalue weighted by Crippen LogP contribution is -2.42. The fraction of sp³-hybridized carbons (Fsp3) is 1.00. The van der Waals surface area contributed by atoms with Crippen molar-refractivity contribution >= 4 is 0 Å². The van der Waals surface area contributed by atoms with Gasteiger partial charge in [-0.25, -0.2) is 0 Å². The number of ether oxygens (including phenoxy) is 2. The Hall–Kier alpha value is -0.0800. The van der Waals surface area contributed by atoms with Gasteiger partial charge in [0.25, 0.3) is 0 Å². The van der Waals surface area contributed by atoms with Crippen LogP contribution in [-0.4, -0.2) is 24.4 Å². The molecule has 2 fully saturated rings. The van der Waals surface area contributed by atoms with Gasteiger partial charge in [-0.15, -0.1) is 0 Å². The van der Waals surface area contributed by atoms with E-state index in [2.05, 4.69) is 27.7 Å². The molecule has 0 amide bonds. The van der Waals surface area contributed by atoms with Gasteiger partial charge >= 0.3 is 0 Å². The van der Waals surface area contributed by atoms with Crippen molar-refractivity contribution in [3.8, 4) is 0 Å². The van der Waals surface area contributed by atoms with Gasteiger partial charge in [0.15, 0.2) is 0 Å². The fourth-order valence-corrected chi connectivity index (χ4v) is 2.71. The van der Waals surface area contributed by atoms with E-state index in [1.165, 1.54) is 0 Å². The van der Waals surface area contributed by atoms with Crippen molar-refractivity contribution in [3.63, 3.8) is 0 Å². The molecule has 2 heteroatoms. The van der Waals surface area contributed by atoms with E-state index in [0.717, 1.165) is 6.61 Å². The summed E-state index contributed by atoms with van der Waals surface area (Å²) in [5.41, 5.74) is 0.0179. The first-order valence-corrected chi connectivity index (χ1v) is 4.87. The summed E-state index contributed by atoms with van der Waals surface area (Å²) in [6.45, 7) is 9.60. The summed E-state index contributed by atoms with van der Waals surface area (Å²) >= 11 is 0. The zero-order chi connectivity index (χ0) is 8.93. The molecule has 2 rings (SSSR count). The SMILES string of the molecule is CC(C)[C@]12CO[C@@H]([C@H](C)O1)[C@@H]2C. The van der Waals surface area contributed by atoms with Crippen molar-refractivity contribution < 1.29 is 9.47 Å². The number of hydrogen-bond donors (Lipinski definition) is 0. The van der Waals surface area contributed by atoms with E-state index in [1.807, 2.05) is 0 Å². The normalized spacial score (nSPS) is 52.2. The average molecular weight is 170 g/mol. The van der Waals surface area contributed by atoms with Gasteiger partial charge < -0.3 is 9.47 Å². The van der Waals surface area contributed by atoms with E-state index in [0.29, 0.717) is 17.9 Å². The monoisotopic (exact) mass is 170 g/mol. The predicted molar refractivity (Wildman–Crippen MR) is 47.0 cm³/mol. The molecule has 4 atom stereocenters. The maximum Gasteiger partial charge on any atom is 0.0993 e. The highest BCUT2D eigenvalue weighted by Crippen LogP contribution is 2.48. The first kappa shape index (κ1) is 8.52. The van der Waals surface area contributed by atoms with Gasteiger partial charge in [0.2, 0.25) is 0 Å². The summed E-state index contributed by atoms with van der Waals surface area (Å²) in [6.07, 6.45) is 0.628. The molecule has 0 spiro atoms. The molecule has 0 aromatic rings. The molecule has 2 nitrogen and oxygen atoms in total. The van der Waals surface area contributed by atoms with Crippen LogP contribution in [0.1, 0.15) is 27.7 Å². The Morgan fingerprint density at radius 1 is 1.33 bits per heavy atom. The van der Waals surface area contributed by atoms with Crippen LogP contribution in [0.4, 0.5) is 0 Å². The summed E-state index contributed by atoms with van der Waals surface area (Å²) in [6, 6.07) is 0. The summed E-state index contributed by atoms with van der Waals surface area (Å²) in [5, 5.41) is 0. The fourth-order valence-electron chi connectivity index (χ4n) is 2.71. The molecule has 2 aliphatic rings. The molecule has 2 aliphatic heterocycles. The first-order chi connectivity index (χ1) is 5.58. The van der Waals surface area contributed by atoms with E-state index in [1.54, 1.807) is 0 Å². The largest absolute Gasteiger partial charge is 0.372 e. The van der Waals surface area contributed by atoms with Gasteiger partial charge in [0.05, 0.1) is 24.4 Å². The molecule has 0 aliphatic carbocycles. The van der Waals surface area contributed by atoms with Crippen LogP contribution in [0, 0.1) is 11.8 Å². The number of fused-ring (bicyclic) bond motifs is 2. The zero-order valence-corrected chi connectivity index (χ0v) is 8.33. The van der Waals surface area contributed by atoms with E-state index in [4.69, 9.17) is 9.47 Å². The minimum atomic E-state index is 0.0179. The Kier molecular flexibility index (Phi) is 1.74. The molecular formula is C10H18O2. The summed E-state index contributed by atoms with van der Waals surface area (Å²) in [4.78, 5) is 0. The van der Waals surface area contributed by atoms with Gasteiger partial charge in [-0.3, -0.25) is 0 Å². The molecule has 0 N–H and O–H groups in total. The maximum atomic E-state index is 6.00. The average Bonchev–Trinajstić information content (AvgIpc) is 2.42. The molecule has 12 heavy (non-hydrogen) atoms. The van der Waals surface area contributed by atoms with Gasteiger partial charge in [-0.05, 0) is 12.8 Å². The van der Waals surface area contributed by atoms with E-state index in [-0.39, 0.29) is 11.7 Å². The maximum absolute atomic E-state index is 6.00. The molecule has 2 saturated heterocycles. The van der Waals surface area contributed by atoms with Gasteiger partial charge in [-0.1, -0.05) is 20.8 Å². The zero-order valence-electron chi connectivity index (χ0n) is 8.33. The van der Waals surface area contributed by atoms with Crippen molar-refractivity contribution in [1.29, 1.82) is 0 Å².